The van der Waals surface area contributed by atoms with Crippen LogP contribution in [0.1, 0.15) is 12.5 Å². The van der Waals surface area contributed by atoms with Gasteiger partial charge in [0, 0.05) is 0 Å². The minimum Gasteiger partial charge on any atom is -0.394 e. The van der Waals surface area contributed by atoms with Gasteiger partial charge in [0.1, 0.15) is 36.8 Å². The van der Waals surface area contributed by atoms with Gasteiger partial charge in [-0.1, -0.05) is 0 Å². The Morgan fingerprint density at radius 1 is 0.929 bits per heavy atom. The van der Waals surface area contributed by atoms with E-state index in [0.717, 1.165) is 10.9 Å². The van der Waals surface area contributed by atoms with Crippen molar-refractivity contribution in [1.82, 2.24) is 19.1 Å². The molecule has 154 valence electrons. The van der Waals surface area contributed by atoms with Crippen LogP contribution in [0.4, 0.5) is 4.39 Å². The summed E-state index contributed by atoms with van der Waals surface area (Å²) >= 11 is 0. The van der Waals surface area contributed by atoms with Crippen molar-refractivity contribution in [1.29, 1.82) is 5.41 Å². The van der Waals surface area contributed by atoms with Crippen molar-refractivity contribution in [2.75, 3.05) is 13.2 Å². The van der Waals surface area contributed by atoms with Crippen molar-refractivity contribution in [2.45, 2.75) is 49.1 Å². The molecule has 2 aliphatic rings. The highest BCUT2D eigenvalue weighted by molar-refractivity contribution is 5.68. The predicted molar refractivity (Wildman–Crippen MR) is 86.3 cm³/mol. The molecule has 2 aliphatic heterocycles. The number of nitrogens with zero attached hydrogens (tertiary/aromatic N) is 4. The summed E-state index contributed by atoms with van der Waals surface area (Å²) in [7, 11) is 0. The third-order valence-corrected chi connectivity index (χ3v) is 5.09. The van der Waals surface area contributed by atoms with Gasteiger partial charge in [-0.05, 0) is 0 Å². The van der Waals surface area contributed by atoms with Gasteiger partial charge < -0.3 is 35.0 Å². The van der Waals surface area contributed by atoms with Gasteiger partial charge in [0.15, 0.2) is 35.3 Å². The van der Waals surface area contributed by atoms with Crippen molar-refractivity contribution in [3.8, 4) is 0 Å². The second-order valence-corrected chi connectivity index (χ2v) is 6.74. The summed E-state index contributed by atoms with van der Waals surface area (Å²) in [4.78, 5) is 8.18. The number of hydrogen-bond acceptors (Lipinski definition) is 10. The van der Waals surface area contributed by atoms with E-state index in [2.05, 4.69) is 9.97 Å². The molecule has 12 nitrogen and oxygen atoms in total. The van der Waals surface area contributed by atoms with Crippen LogP contribution >= 0.6 is 0 Å². The maximum atomic E-state index is 14.4. The van der Waals surface area contributed by atoms with Crippen molar-refractivity contribution < 1.29 is 39.4 Å². The van der Waals surface area contributed by atoms with Gasteiger partial charge in [0.25, 0.3) is 0 Å². The van der Waals surface area contributed by atoms with E-state index in [1.54, 1.807) is 0 Å². The first kappa shape index (κ1) is 19.3. The monoisotopic (exact) mass is 401 g/mol. The summed E-state index contributed by atoms with van der Waals surface area (Å²) in [6.45, 7) is -1.08. The Bertz CT molecular complexity index is 922. The summed E-state index contributed by atoms with van der Waals surface area (Å²) in [6.07, 6.45) is -8.30. The molecule has 6 N–H and O–H groups in total. The normalized spacial score (nSPS) is 38.5. The smallest absolute Gasteiger partial charge is 0.173 e. The largest absolute Gasteiger partial charge is 0.394 e. The lowest BCUT2D eigenvalue weighted by molar-refractivity contribution is -0.0515. The minimum atomic E-state index is -1.88. The zero-order chi connectivity index (χ0) is 20.2. The Kier molecular flexibility index (Phi) is 4.91. The second-order valence-electron chi connectivity index (χ2n) is 6.74. The van der Waals surface area contributed by atoms with E-state index in [-0.39, 0.29) is 16.7 Å². The molecule has 0 spiro atoms. The Morgan fingerprint density at radius 2 is 1.54 bits per heavy atom. The topological polar surface area (TPSA) is 179 Å². The van der Waals surface area contributed by atoms with Crippen LogP contribution in [0.5, 0.6) is 0 Å². The number of aromatic nitrogens is 4. The maximum absolute atomic E-state index is 14.4. The highest BCUT2D eigenvalue weighted by Gasteiger charge is 2.46. The number of ether oxygens (including phenoxy) is 2. The van der Waals surface area contributed by atoms with E-state index in [0.29, 0.717) is 0 Å². The first-order chi connectivity index (χ1) is 13.4. The fraction of sp³-hybridized carbons (Fsp3) is 0.667. The number of halogens is 1. The molecule has 2 fully saturated rings. The van der Waals surface area contributed by atoms with Gasteiger partial charge in [0.2, 0.25) is 0 Å². The van der Waals surface area contributed by atoms with Crippen LogP contribution in [0, 0.1) is 5.41 Å². The zero-order valence-corrected chi connectivity index (χ0v) is 14.4. The predicted octanol–water partition coefficient (Wildman–Crippen LogP) is -3.09. The molecule has 0 radical (unpaired) electrons. The van der Waals surface area contributed by atoms with Gasteiger partial charge in [0.05, 0.1) is 19.5 Å². The number of hydrogen-bond donors (Lipinski definition) is 6. The molecule has 2 aromatic rings. The van der Waals surface area contributed by atoms with E-state index in [4.69, 9.17) is 20.0 Å². The molecule has 0 unspecified atom stereocenters. The average Bonchev–Trinajstić information content (AvgIpc) is 3.33. The van der Waals surface area contributed by atoms with Crippen molar-refractivity contribution in [3.63, 3.8) is 0 Å². The molecule has 8 atom stereocenters. The Morgan fingerprint density at radius 3 is 2.14 bits per heavy atom. The number of rotatable bonds is 4. The molecule has 0 aliphatic carbocycles. The van der Waals surface area contributed by atoms with Crippen LogP contribution < -0.4 is 5.49 Å². The SMILES string of the molecule is N=c1c2ncn([C@@H]3O[C@H](CO)[C@@H](O)[C@H]3O)c2ncn1[C@@H]1O[C@H](CO)[C@@H](O)[C@@H]1F. The molecule has 2 saturated heterocycles. The van der Waals surface area contributed by atoms with E-state index in [1.807, 2.05) is 0 Å². The Balaban J connectivity index is 1.70. The lowest BCUT2D eigenvalue weighted by Gasteiger charge is -2.18. The standard InChI is InChI=1S/C15H20FN5O7/c16-7-9(24)5(1-22)27-14(7)20-4-19-13-8(12(20)17)18-3-21(13)15-11(26)10(25)6(2-23)28-15/h3-7,9-11,14-15,17,22-26H,1-2H2/t5-,6-,7+,9-,10-,11-,14-,15-/m1/s1. The lowest BCUT2D eigenvalue weighted by Crippen LogP contribution is -2.33. The highest BCUT2D eigenvalue weighted by atomic mass is 19.1. The third-order valence-electron chi connectivity index (χ3n) is 5.09. The molecule has 0 bridgehead atoms. The summed E-state index contributed by atoms with van der Waals surface area (Å²) in [5.41, 5.74) is -0.101. The highest BCUT2D eigenvalue weighted by Crippen LogP contribution is 2.32. The lowest BCUT2D eigenvalue weighted by atomic mass is 10.1. The number of aliphatic hydroxyl groups excluding tert-OH is 5. The van der Waals surface area contributed by atoms with Crippen molar-refractivity contribution in [3.05, 3.63) is 18.1 Å². The van der Waals surface area contributed by atoms with E-state index >= 15 is 0 Å². The quantitative estimate of drug-likeness (QED) is 0.310. The first-order valence-corrected chi connectivity index (χ1v) is 8.58. The zero-order valence-electron chi connectivity index (χ0n) is 14.4. The molecule has 4 heterocycles. The van der Waals surface area contributed by atoms with Crippen LogP contribution in [-0.2, 0) is 9.47 Å². The molecule has 13 heteroatoms. The van der Waals surface area contributed by atoms with Gasteiger partial charge in [-0.2, -0.15) is 0 Å². The Labute approximate surface area is 156 Å². The molecular formula is C15H20FN5O7. The van der Waals surface area contributed by atoms with Crippen LogP contribution in [0.3, 0.4) is 0 Å². The summed E-state index contributed by atoms with van der Waals surface area (Å²) in [5, 5.41) is 56.5. The van der Waals surface area contributed by atoms with Gasteiger partial charge >= 0.3 is 0 Å². The van der Waals surface area contributed by atoms with Gasteiger partial charge in [-0.15, -0.1) is 0 Å². The Hall–Kier alpha value is -2.00. The fourth-order valence-corrected chi connectivity index (χ4v) is 3.51. The summed E-state index contributed by atoms with van der Waals surface area (Å²) in [5.74, 6) is 0. The molecule has 0 amide bonds. The van der Waals surface area contributed by atoms with Crippen LogP contribution in [0.25, 0.3) is 11.2 Å². The number of imidazole rings is 1. The molecular weight excluding hydrogens is 381 g/mol. The number of alkyl halides is 1. The molecule has 28 heavy (non-hydrogen) atoms. The summed E-state index contributed by atoms with van der Waals surface area (Å²) in [6, 6.07) is 0. The second kappa shape index (κ2) is 7.11. The number of nitrogens with one attached hydrogen (secondary N) is 1. The number of fused-ring (bicyclic) bond motifs is 1. The number of aliphatic hydroxyl groups is 5. The molecule has 0 aromatic carbocycles. The van der Waals surface area contributed by atoms with Crippen LogP contribution in [-0.4, -0.2) is 94.5 Å². The van der Waals surface area contributed by atoms with E-state index in [9.17, 15) is 24.8 Å². The van der Waals surface area contributed by atoms with Gasteiger partial charge in [-0.25, -0.2) is 14.4 Å². The molecule has 4 rings (SSSR count). The summed E-state index contributed by atoms with van der Waals surface area (Å²) < 4.78 is 27.4. The average molecular weight is 401 g/mol. The minimum absolute atomic E-state index is 0.0398. The van der Waals surface area contributed by atoms with Crippen molar-refractivity contribution in [2.24, 2.45) is 0 Å². The maximum Gasteiger partial charge on any atom is 0.173 e. The van der Waals surface area contributed by atoms with E-state index < -0.39 is 62.4 Å². The van der Waals surface area contributed by atoms with Gasteiger partial charge in [-0.3, -0.25) is 14.5 Å². The molecule has 0 saturated carbocycles. The van der Waals surface area contributed by atoms with Crippen molar-refractivity contribution >= 4 is 11.2 Å². The molecule has 2 aromatic heterocycles. The fourth-order valence-electron chi connectivity index (χ4n) is 3.51. The van der Waals surface area contributed by atoms with Crippen LogP contribution in [0.2, 0.25) is 0 Å². The van der Waals surface area contributed by atoms with Crippen LogP contribution in [0.15, 0.2) is 12.7 Å². The third kappa shape index (κ3) is 2.75. The van der Waals surface area contributed by atoms with E-state index in [1.165, 1.54) is 10.9 Å². The first-order valence-electron chi connectivity index (χ1n) is 8.58.